The number of nitrogens with zero attached hydrogens (tertiary/aromatic N) is 6. The highest BCUT2D eigenvalue weighted by Gasteiger charge is 2.38. The molecular formula is C65H48B2N6O4S3. The average Bonchev–Trinajstić information content (AvgIpc) is 4.38. The zero-order valence-electron chi connectivity index (χ0n) is 43.3. The van der Waals surface area contributed by atoms with E-state index in [9.17, 15) is 23.5 Å². The number of aryl methyl sites for hydroxylation is 1. The molecule has 80 heavy (non-hydrogen) atoms. The maximum absolute atomic E-state index is 12.2. The maximum atomic E-state index is 12.2. The van der Waals surface area contributed by atoms with Gasteiger partial charge in [-0.2, -0.15) is 18.9 Å². The Bertz CT molecular complexity index is 4350. The lowest BCUT2D eigenvalue weighted by Crippen LogP contribution is -2.54. The Balaban J connectivity index is 1.36. The zero-order chi connectivity index (χ0) is 54.7. The number of hydrogen-bond acceptors (Lipinski definition) is 9. The highest BCUT2D eigenvalue weighted by molar-refractivity contribution is 7.85. The van der Waals surface area contributed by atoms with Crippen LogP contribution in [0.15, 0.2) is 218 Å². The summed E-state index contributed by atoms with van der Waals surface area (Å²) in [6.45, 7) is 1.23. The van der Waals surface area contributed by atoms with Crippen LogP contribution in [0.5, 0.6) is 5.75 Å². The summed E-state index contributed by atoms with van der Waals surface area (Å²) in [6.07, 6.45) is 0.643. The summed E-state index contributed by atoms with van der Waals surface area (Å²) in [5, 5.41) is 28.3. The van der Waals surface area contributed by atoms with Crippen LogP contribution in [0.4, 0.5) is 0 Å². The van der Waals surface area contributed by atoms with Gasteiger partial charge in [0.2, 0.25) is 0 Å². The summed E-state index contributed by atoms with van der Waals surface area (Å²) >= 11 is 2.94. The highest BCUT2D eigenvalue weighted by atomic mass is 32.2. The monoisotopic (exact) mass is 1090 g/mol. The molecule has 4 heterocycles. The quantitative estimate of drug-likeness (QED) is 0.0572. The lowest BCUT2D eigenvalue weighted by molar-refractivity contribution is 0.309. The van der Waals surface area contributed by atoms with Gasteiger partial charge in [0.05, 0.1) is 43.5 Å². The van der Waals surface area contributed by atoms with Gasteiger partial charge in [-0.25, -0.2) is 9.97 Å². The van der Waals surface area contributed by atoms with E-state index in [1.54, 1.807) is 0 Å². The predicted octanol–water partition coefficient (Wildman–Crippen LogP) is 10.1. The molecule has 0 atom stereocenters. The number of benzene rings is 8. The van der Waals surface area contributed by atoms with Crippen LogP contribution in [0.25, 0.3) is 64.9 Å². The minimum atomic E-state index is -4.11. The van der Waals surface area contributed by atoms with E-state index in [2.05, 4.69) is 88.7 Å². The maximum Gasteiger partial charge on any atom is 0.328 e. The highest BCUT2D eigenvalue weighted by Crippen LogP contribution is 2.39. The van der Waals surface area contributed by atoms with E-state index >= 15 is 0 Å². The minimum absolute atomic E-state index is 0.224. The number of hydrogen-bond donors (Lipinski definition) is 1. The van der Waals surface area contributed by atoms with Gasteiger partial charge in [0, 0.05) is 27.7 Å². The molecular weight excluding hydrogens is 1050 g/mol. The molecule has 12 aromatic rings. The van der Waals surface area contributed by atoms with E-state index in [-0.39, 0.29) is 18.8 Å². The molecule has 8 aromatic carbocycles. The van der Waals surface area contributed by atoms with E-state index < -0.39 is 23.8 Å². The van der Waals surface area contributed by atoms with Crippen LogP contribution < -0.4 is 37.3 Å². The SMILES string of the molecule is Cc1ccccc1-c1c2/c(=C(\C#N)c3nc4ccccc4s3)n(B(c3ccccc3)c3ccccc3)c(-c3ccc(OCCCCS(=O)(=O)O)cc3)c2/c(=C(\C#N)c2nc3ccccc3s2)n1B(c1ccccc1)c1ccccc1. The molecule has 0 saturated heterocycles. The number of fused-ring (bicyclic) bond motifs is 3. The number of thiazole rings is 2. The van der Waals surface area contributed by atoms with Gasteiger partial charge in [0.1, 0.15) is 39.0 Å². The van der Waals surface area contributed by atoms with E-state index in [0.29, 0.717) is 44.0 Å². The van der Waals surface area contributed by atoms with E-state index in [1.165, 1.54) is 22.7 Å². The van der Waals surface area contributed by atoms with Crippen LogP contribution in [0.3, 0.4) is 0 Å². The zero-order valence-corrected chi connectivity index (χ0v) is 45.8. The van der Waals surface area contributed by atoms with Crippen molar-refractivity contribution < 1.29 is 17.7 Å². The van der Waals surface area contributed by atoms with Gasteiger partial charge >= 0.3 is 13.7 Å². The fourth-order valence-electron chi connectivity index (χ4n) is 11.0. The number of para-hydroxylation sites is 2. The Hall–Kier alpha value is -9.08. The van der Waals surface area contributed by atoms with Crippen LogP contribution in [-0.4, -0.2) is 57.9 Å². The summed E-state index contributed by atoms with van der Waals surface area (Å²) in [5.41, 5.74) is 10.3. The van der Waals surface area contributed by atoms with E-state index in [4.69, 9.17) is 14.7 Å². The summed E-state index contributed by atoms with van der Waals surface area (Å²) in [4.78, 5) is 10.5. The minimum Gasteiger partial charge on any atom is -0.494 e. The first kappa shape index (κ1) is 51.7. The van der Waals surface area contributed by atoms with Crippen molar-refractivity contribution in [3.8, 4) is 40.4 Å². The first-order valence-corrected chi connectivity index (χ1v) is 29.5. The van der Waals surface area contributed by atoms with Gasteiger partial charge in [-0.1, -0.05) is 192 Å². The second-order valence-corrected chi connectivity index (χ2v) is 23.1. The van der Waals surface area contributed by atoms with Crippen LogP contribution >= 0.6 is 22.7 Å². The molecule has 0 spiro atoms. The standard InChI is InChI=1S/C65H48B2N6O4S3/c1-44-22-14-15-31-51(44)61-59-58(62(52(42-68)64-70-54-32-16-18-34-56(54)78-64)73(61)67(48-27-10-4-11-28-48)49-29-12-5-13-30-49)60(45-36-38-50(39-37-45)77-40-20-21-41-80(74,75)76)72(66(46-23-6-2-7-24-46)47-25-8-3-9-26-47)63(59)53(43-69)65-71-55-33-17-19-35-57(55)79-65/h2-19,22-39H,20-21,40-41H2,1H3,(H,74,75,76)/b62-52-,63-53-. The van der Waals surface area contributed by atoms with Crippen molar-refractivity contribution in [1.82, 2.24) is 18.9 Å². The molecule has 0 radical (unpaired) electrons. The molecule has 15 heteroatoms. The molecule has 0 fully saturated rings. The molecule has 0 aliphatic carbocycles. The first-order valence-electron chi connectivity index (χ1n) is 26.2. The Kier molecular flexibility index (Phi) is 14.4. The summed E-state index contributed by atoms with van der Waals surface area (Å²) in [5.74, 6) is 0.204. The molecule has 0 saturated carbocycles. The smallest absolute Gasteiger partial charge is 0.328 e. The first-order chi connectivity index (χ1) is 39.2. The normalized spacial score (nSPS) is 12.3. The van der Waals surface area contributed by atoms with Crippen LogP contribution in [-0.2, 0) is 10.1 Å². The predicted molar refractivity (Wildman–Crippen MR) is 328 cm³/mol. The number of rotatable bonds is 16. The second kappa shape index (κ2) is 22.3. The Labute approximate surface area is 472 Å². The van der Waals surface area contributed by atoms with Crippen LogP contribution in [0, 0.1) is 29.6 Å². The molecule has 0 amide bonds. The van der Waals surface area contributed by atoms with Crippen molar-refractivity contribution in [3.05, 3.63) is 245 Å². The number of ether oxygens (including phenoxy) is 1. The van der Waals surface area contributed by atoms with Crippen molar-refractivity contribution >= 4 is 111 Å². The van der Waals surface area contributed by atoms with Crippen molar-refractivity contribution in [2.75, 3.05) is 12.4 Å². The fourth-order valence-corrected chi connectivity index (χ4v) is 13.5. The Morgan fingerprint density at radius 2 is 0.950 bits per heavy atom. The van der Waals surface area contributed by atoms with Crippen LogP contribution in [0.2, 0.25) is 0 Å². The number of nitriles is 2. The van der Waals surface area contributed by atoms with Crippen molar-refractivity contribution in [2.45, 2.75) is 19.8 Å². The Morgan fingerprint density at radius 3 is 1.39 bits per heavy atom. The van der Waals surface area contributed by atoms with Crippen molar-refractivity contribution in [2.24, 2.45) is 0 Å². The van der Waals surface area contributed by atoms with Crippen molar-refractivity contribution in [1.29, 1.82) is 10.5 Å². The summed E-state index contributed by atoms with van der Waals surface area (Å²) in [6, 6.07) is 79.1. The molecule has 0 aliphatic heterocycles. The topological polar surface area (TPSA) is 147 Å². The van der Waals surface area contributed by atoms with Gasteiger partial charge in [0.25, 0.3) is 10.1 Å². The van der Waals surface area contributed by atoms with E-state index in [1.807, 2.05) is 158 Å². The molecule has 0 unspecified atom stereocenters. The fraction of sp³-hybridized carbons (Fsp3) is 0.0769. The third kappa shape index (κ3) is 9.93. The molecule has 4 aromatic heterocycles. The largest absolute Gasteiger partial charge is 0.494 e. The lowest BCUT2D eigenvalue weighted by atomic mass is 9.50. The molecule has 12 rings (SSSR count). The number of unbranched alkanes of at least 4 members (excludes halogenated alkanes) is 1. The Morgan fingerprint density at radius 1 is 0.537 bits per heavy atom. The van der Waals surface area contributed by atoms with Gasteiger partial charge in [-0.05, 0) is 79.4 Å². The summed E-state index contributed by atoms with van der Waals surface area (Å²) < 4.78 is 45.3. The average molecular weight is 1090 g/mol. The van der Waals surface area contributed by atoms with Crippen molar-refractivity contribution in [3.63, 3.8) is 0 Å². The summed E-state index contributed by atoms with van der Waals surface area (Å²) in [7, 11) is -4.11. The van der Waals surface area contributed by atoms with Gasteiger partial charge in [-0.15, -0.1) is 22.7 Å². The molecule has 0 aliphatic rings. The lowest BCUT2D eigenvalue weighted by Gasteiger charge is -2.24. The van der Waals surface area contributed by atoms with Crippen LogP contribution in [0.1, 0.15) is 28.4 Å². The van der Waals surface area contributed by atoms with Gasteiger partial charge in [-0.3, -0.25) is 4.55 Å². The molecule has 386 valence electrons. The van der Waals surface area contributed by atoms with E-state index in [0.717, 1.165) is 81.1 Å². The van der Waals surface area contributed by atoms with Gasteiger partial charge < -0.3 is 13.7 Å². The second-order valence-electron chi connectivity index (χ2n) is 19.5. The number of aromatic nitrogens is 4. The molecule has 10 nitrogen and oxygen atoms in total. The third-order valence-electron chi connectivity index (χ3n) is 14.4. The third-order valence-corrected chi connectivity index (χ3v) is 17.4. The molecule has 1 N–H and O–H groups in total. The molecule has 0 bridgehead atoms. The van der Waals surface area contributed by atoms with Gasteiger partial charge in [0.15, 0.2) is 0 Å².